The van der Waals surface area contributed by atoms with Gasteiger partial charge < -0.3 is 14.5 Å². The second kappa shape index (κ2) is 6.82. The summed E-state index contributed by atoms with van der Waals surface area (Å²) < 4.78 is 2.22. The maximum Gasteiger partial charge on any atom is 0.255 e. The average Bonchev–Trinajstić information content (AvgIpc) is 3.27. The second-order valence-corrected chi connectivity index (χ2v) is 7.91. The minimum absolute atomic E-state index is 0.0145. The number of imidazole rings is 1. The van der Waals surface area contributed by atoms with Crippen LogP contribution in [0.2, 0.25) is 0 Å². The Hall–Kier alpha value is -2.08. The molecule has 0 aromatic carbocycles. The summed E-state index contributed by atoms with van der Waals surface area (Å²) in [7, 11) is 0. The predicted molar refractivity (Wildman–Crippen MR) is 106 cm³/mol. The number of amides is 1. The molecular weight excluding hydrogens is 338 g/mol. The molecule has 1 N–H and O–H groups in total. The van der Waals surface area contributed by atoms with Gasteiger partial charge in [0, 0.05) is 49.7 Å². The van der Waals surface area contributed by atoms with Gasteiger partial charge >= 0.3 is 0 Å². The van der Waals surface area contributed by atoms with Crippen LogP contribution in [0.1, 0.15) is 59.8 Å². The lowest BCUT2D eigenvalue weighted by molar-refractivity contribution is 0.0102. The van der Waals surface area contributed by atoms with E-state index in [1.165, 1.54) is 11.4 Å². The molecule has 2 aliphatic heterocycles. The monoisotopic (exact) mass is 369 g/mol. The topological polar surface area (TPSA) is 57.2 Å². The minimum atomic E-state index is -0.0145. The van der Waals surface area contributed by atoms with Crippen LogP contribution in [0.25, 0.3) is 0 Å². The van der Waals surface area contributed by atoms with E-state index in [4.69, 9.17) is 4.98 Å². The van der Waals surface area contributed by atoms with E-state index in [0.29, 0.717) is 0 Å². The summed E-state index contributed by atoms with van der Waals surface area (Å²) >= 11 is 0. The van der Waals surface area contributed by atoms with E-state index in [9.17, 15) is 4.79 Å². The Morgan fingerprint density at radius 2 is 1.93 bits per heavy atom. The van der Waals surface area contributed by atoms with Crippen LogP contribution in [0.3, 0.4) is 0 Å². The largest absolute Gasteiger partial charge is 0.349 e. The highest BCUT2D eigenvalue weighted by Gasteiger charge is 2.46. The molecule has 4 rings (SSSR count). The molecule has 4 heterocycles. The van der Waals surface area contributed by atoms with Gasteiger partial charge in [0.1, 0.15) is 0 Å². The van der Waals surface area contributed by atoms with Gasteiger partial charge in [-0.1, -0.05) is 6.92 Å². The lowest BCUT2D eigenvalue weighted by Gasteiger charge is -2.50. The fraction of sp³-hybridized carbons (Fsp3) is 0.619. The summed E-state index contributed by atoms with van der Waals surface area (Å²) in [4.78, 5) is 25.8. The molecule has 0 atom stereocenters. The van der Waals surface area contributed by atoms with Gasteiger partial charge in [-0.3, -0.25) is 9.69 Å². The van der Waals surface area contributed by atoms with Crippen molar-refractivity contribution in [2.24, 2.45) is 0 Å². The van der Waals surface area contributed by atoms with Crippen LogP contribution in [-0.4, -0.2) is 56.4 Å². The number of carbonyl (C=O) groups excluding carboxylic acids is 1. The summed E-state index contributed by atoms with van der Waals surface area (Å²) in [5.74, 6) is 0.179. The predicted octanol–water partition coefficient (Wildman–Crippen LogP) is 2.86. The average molecular weight is 370 g/mol. The number of aromatic nitrogens is 3. The maximum atomic E-state index is 13.2. The molecule has 2 aromatic rings. The van der Waals surface area contributed by atoms with Crippen molar-refractivity contribution in [3.05, 3.63) is 40.7 Å². The summed E-state index contributed by atoms with van der Waals surface area (Å²) in [5, 5.41) is 0. The minimum Gasteiger partial charge on any atom is -0.349 e. The Labute approximate surface area is 161 Å². The van der Waals surface area contributed by atoms with Crippen molar-refractivity contribution in [1.29, 1.82) is 0 Å². The van der Waals surface area contributed by atoms with Crippen LogP contribution in [-0.2, 0) is 18.5 Å². The zero-order chi connectivity index (χ0) is 19.2. The molecule has 1 saturated heterocycles. The summed E-state index contributed by atoms with van der Waals surface area (Å²) in [6.45, 7) is 13.1. The molecule has 1 fully saturated rings. The van der Waals surface area contributed by atoms with E-state index >= 15 is 0 Å². The number of likely N-dealkylation sites (N-methyl/N-ethyl adjacent to an activating group) is 1. The van der Waals surface area contributed by atoms with Gasteiger partial charge in [-0.25, -0.2) is 4.98 Å². The van der Waals surface area contributed by atoms with Gasteiger partial charge in [0.25, 0.3) is 5.91 Å². The van der Waals surface area contributed by atoms with Crippen molar-refractivity contribution in [3.63, 3.8) is 0 Å². The molecule has 0 unspecified atom stereocenters. The summed E-state index contributed by atoms with van der Waals surface area (Å²) in [5.41, 5.74) is 5.60. The molecule has 1 amide bonds. The third-order valence-electron chi connectivity index (χ3n) is 6.78. The third kappa shape index (κ3) is 2.73. The van der Waals surface area contributed by atoms with Crippen LogP contribution in [0.4, 0.5) is 0 Å². The SMILES string of the molecule is CCN1CCc2[nH]cnc2C12CCN(C(=O)c1cc(C)n(CC)c1C)CC2. The highest BCUT2D eigenvalue weighted by molar-refractivity contribution is 5.95. The standard InChI is InChI=1S/C21H31N5O/c1-5-25-10-7-18-19(23-14-22-18)21(25)8-11-24(12-9-21)20(27)17-13-15(3)26(6-2)16(17)4/h13-14H,5-12H2,1-4H3,(H,22,23). The molecule has 146 valence electrons. The molecule has 27 heavy (non-hydrogen) atoms. The Kier molecular flexibility index (Phi) is 4.62. The van der Waals surface area contributed by atoms with E-state index in [1.807, 2.05) is 11.2 Å². The Balaban J connectivity index is 1.56. The quantitative estimate of drug-likeness (QED) is 0.905. The molecule has 0 bridgehead atoms. The summed E-state index contributed by atoms with van der Waals surface area (Å²) in [6, 6.07) is 2.05. The van der Waals surface area contributed by atoms with Crippen molar-refractivity contribution in [2.45, 2.75) is 59.0 Å². The number of aryl methyl sites for hydroxylation is 1. The highest BCUT2D eigenvalue weighted by Crippen LogP contribution is 2.42. The zero-order valence-electron chi connectivity index (χ0n) is 17.0. The van der Waals surface area contributed by atoms with Gasteiger partial charge in [0.2, 0.25) is 0 Å². The van der Waals surface area contributed by atoms with E-state index in [1.54, 1.807) is 0 Å². The molecule has 1 spiro atoms. The number of nitrogens with one attached hydrogen (secondary N) is 1. The lowest BCUT2D eigenvalue weighted by atomic mass is 9.78. The van der Waals surface area contributed by atoms with Crippen molar-refractivity contribution < 1.29 is 4.79 Å². The van der Waals surface area contributed by atoms with Gasteiger partial charge in [0.15, 0.2) is 0 Å². The van der Waals surface area contributed by atoms with Crippen molar-refractivity contribution >= 4 is 5.91 Å². The normalized spacial score (nSPS) is 19.5. The van der Waals surface area contributed by atoms with Crippen LogP contribution >= 0.6 is 0 Å². The molecule has 0 radical (unpaired) electrons. The first-order valence-electron chi connectivity index (χ1n) is 10.3. The van der Waals surface area contributed by atoms with Crippen molar-refractivity contribution in [2.75, 3.05) is 26.2 Å². The fourth-order valence-electron chi connectivity index (χ4n) is 5.29. The maximum absolute atomic E-state index is 13.2. The first-order chi connectivity index (χ1) is 13.0. The Bertz CT molecular complexity index is 841. The molecule has 0 saturated carbocycles. The molecule has 0 aliphatic carbocycles. The number of hydrogen-bond donors (Lipinski definition) is 1. The molecular formula is C21H31N5O. The number of H-pyrrole nitrogens is 1. The Morgan fingerprint density at radius 3 is 2.56 bits per heavy atom. The van der Waals surface area contributed by atoms with E-state index in [0.717, 1.165) is 68.9 Å². The number of aromatic amines is 1. The van der Waals surface area contributed by atoms with Crippen LogP contribution in [0.15, 0.2) is 12.4 Å². The number of carbonyl (C=O) groups is 1. The van der Waals surface area contributed by atoms with E-state index in [-0.39, 0.29) is 11.4 Å². The number of likely N-dealkylation sites (tertiary alicyclic amines) is 1. The first-order valence-corrected chi connectivity index (χ1v) is 10.3. The van der Waals surface area contributed by atoms with E-state index in [2.05, 4.69) is 48.2 Å². The number of nitrogens with zero attached hydrogens (tertiary/aromatic N) is 4. The van der Waals surface area contributed by atoms with Gasteiger partial charge in [-0.2, -0.15) is 0 Å². The van der Waals surface area contributed by atoms with Gasteiger partial charge in [-0.05, 0) is 46.2 Å². The molecule has 2 aromatic heterocycles. The first kappa shape index (κ1) is 18.3. The number of rotatable bonds is 3. The van der Waals surface area contributed by atoms with Crippen LogP contribution < -0.4 is 0 Å². The van der Waals surface area contributed by atoms with E-state index < -0.39 is 0 Å². The van der Waals surface area contributed by atoms with Crippen LogP contribution in [0.5, 0.6) is 0 Å². The third-order valence-corrected chi connectivity index (χ3v) is 6.78. The summed E-state index contributed by atoms with van der Waals surface area (Å²) in [6.07, 6.45) is 4.78. The van der Waals surface area contributed by atoms with Crippen molar-refractivity contribution in [1.82, 2.24) is 24.3 Å². The second-order valence-electron chi connectivity index (χ2n) is 7.91. The molecule has 2 aliphatic rings. The molecule has 6 nitrogen and oxygen atoms in total. The molecule has 6 heteroatoms. The fourth-order valence-corrected chi connectivity index (χ4v) is 5.29. The zero-order valence-corrected chi connectivity index (χ0v) is 17.0. The number of piperidine rings is 1. The Morgan fingerprint density at radius 1 is 1.19 bits per heavy atom. The smallest absolute Gasteiger partial charge is 0.255 e. The number of hydrogen-bond acceptors (Lipinski definition) is 3. The lowest BCUT2D eigenvalue weighted by Crippen LogP contribution is -2.57. The van der Waals surface area contributed by atoms with Crippen LogP contribution in [0, 0.1) is 13.8 Å². The number of fused-ring (bicyclic) bond motifs is 2. The van der Waals surface area contributed by atoms with Gasteiger partial charge in [0.05, 0.1) is 23.1 Å². The van der Waals surface area contributed by atoms with Gasteiger partial charge in [-0.15, -0.1) is 0 Å². The van der Waals surface area contributed by atoms with Crippen molar-refractivity contribution in [3.8, 4) is 0 Å². The highest BCUT2D eigenvalue weighted by atomic mass is 16.2.